The molecule has 1 aliphatic rings. The molecule has 2 aromatic rings. The Morgan fingerprint density at radius 1 is 1.43 bits per heavy atom. The number of rotatable bonds is 4. The fourth-order valence-corrected chi connectivity index (χ4v) is 4.26. The zero-order valence-corrected chi connectivity index (χ0v) is 13.6. The Bertz CT molecular complexity index is 768. The van der Waals surface area contributed by atoms with E-state index in [9.17, 15) is 8.42 Å². The smallest absolute Gasteiger partial charge is 0.232 e. The standard InChI is InChI=1S/C14H17N3O2S2/c1-3-15-14-16-12(9-20-14)10-4-5-13-11(8-10)6-7-17(13)21(2,18)19/h4-5,8-9H,3,6-7H2,1-2H3,(H,15,16). The minimum absolute atomic E-state index is 0.525. The maximum Gasteiger partial charge on any atom is 0.232 e. The summed E-state index contributed by atoms with van der Waals surface area (Å²) < 4.78 is 24.9. The molecule has 7 heteroatoms. The molecule has 0 atom stereocenters. The van der Waals surface area contributed by atoms with E-state index in [2.05, 4.69) is 10.3 Å². The van der Waals surface area contributed by atoms with Crippen molar-refractivity contribution in [2.45, 2.75) is 13.3 Å². The van der Waals surface area contributed by atoms with Gasteiger partial charge < -0.3 is 5.32 Å². The highest BCUT2D eigenvalue weighted by molar-refractivity contribution is 7.92. The molecule has 1 aliphatic heterocycles. The van der Waals surface area contributed by atoms with Gasteiger partial charge in [0.1, 0.15) is 0 Å². The van der Waals surface area contributed by atoms with E-state index in [1.54, 1.807) is 11.3 Å². The summed E-state index contributed by atoms with van der Waals surface area (Å²) >= 11 is 1.58. The van der Waals surface area contributed by atoms with Gasteiger partial charge in [-0.2, -0.15) is 0 Å². The van der Waals surface area contributed by atoms with Crippen LogP contribution in [0.5, 0.6) is 0 Å². The fourth-order valence-electron chi connectivity index (χ4n) is 2.51. The topological polar surface area (TPSA) is 62.3 Å². The second-order valence-electron chi connectivity index (χ2n) is 5.00. The summed E-state index contributed by atoms with van der Waals surface area (Å²) in [6.07, 6.45) is 2.00. The fraction of sp³-hybridized carbons (Fsp3) is 0.357. The lowest BCUT2D eigenvalue weighted by molar-refractivity contribution is 0.598. The van der Waals surface area contributed by atoms with Gasteiger partial charge in [0.25, 0.3) is 0 Å². The number of thiazole rings is 1. The molecule has 3 rings (SSSR count). The first-order valence-electron chi connectivity index (χ1n) is 6.79. The van der Waals surface area contributed by atoms with Crippen molar-refractivity contribution in [1.82, 2.24) is 4.98 Å². The average Bonchev–Trinajstić information content (AvgIpc) is 3.03. The van der Waals surface area contributed by atoms with Crippen LogP contribution in [0, 0.1) is 0 Å². The van der Waals surface area contributed by atoms with Crippen molar-refractivity contribution in [3.63, 3.8) is 0 Å². The number of sulfonamides is 1. The van der Waals surface area contributed by atoms with Gasteiger partial charge in [-0.25, -0.2) is 13.4 Å². The average molecular weight is 323 g/mol. The third-order valence-corrected chi connectivity index (χ3v) is 5.44. The van der Waals surface area contributed by atoms with Crippen molar-refractivity contribution in [3.05, 3.63) is 29.1 Å². The molecular formula is C14H17N3O2S2. The number of benzene rings is 1. The van der Waals surface area contributed by atoms with Gasteiger partial charge in [-0.1, -0.05) is 6.07 Å². The first-order chi connectivity index (χ1) is 9.99. The Balaban J connectivity index is 1.94. The number of fused-ring (bicyclic) bond motifs is 1. The molecular weight excluding hydrogens is 306 g/mol. The molecule has 1 aromatic heterocycles. The Hall–Kier alpha value is -1.60. The number of hydrogen-bond acceptors (Lipinski definition) is 5. The molecule has 0 radical (unpaired) electrons. The van der Waals surface area contributed by atoms with E-state index < -0.39 is 10.0 Å². The van der Waals surface area contributed by atoms with E-state index in [0.29, 0.717) is 6.54 Å². The lowest BCUT2D eigenvalue weighted by Gasteiger charge is -2.16. The number of nitrogens with one attached hydrogen (secondary N) is 1. The van der Waals surface area contributed by atoms with Crippen molar-refractivity contribution in [1.29, 1.82) is 0 Å². The highest BCUT2D eigenvalue weighted by Gasteiger charge is 2.26. The second kappa shape index (κ2) is 5.31. The summed E-state index contributed by atoms with van der Waals surface area (Å²) in [5.41, 5.74) is 3.82. The third kappa shape index (κ3) is 2.75. The van der Waals surface area contributed by atoms with Crippen LogP contribution >= 0.6 is 11.3 Å². The summed E-state index contributed by atoms with van der Waals surface area (Å²) in [7, 11) is -3.19. The number of nitrogens with zero attached hydrogens (tertiary/aromatic N) is 2. The summed E-state index contributed by atoms with van der Waals surface area (Å²) in [6, 6.07) is 5.86. The summed E-state index contributed by atoms with van der Waals surface area (Å²) in [5, 5.41) is 6.12. The predicted octanol–water partition coefficient (Wildman–Crippen LogP) is 2.56. The Kier molecular flexibility index (Phi) is 3.62. The van der Waals surface area contributed by atoms with Crippen molar-refractivity contribution in [2.24, 2.45) is 0 Å². The Morgan fingerprint density at radius 3 is 2.95 bits per heavy atom. The normalized spacial score (nSPS) is 14.3. The van der Waals surface area contributed by atoms with Crippen molar-refractivity contribution in [2.75, 3.05) is 29.0 Å². The van der Waals surface area contributed by atoms with Crippen LogP contribution in [-0.2, 0) is 16.4 Å². The molecule has 2 heterocycles. The summed E-state index contributed by atoms with van der Waals surface area (Å²) in [5.74, 6) is 0. The van der Waals surface area contributed by atoms with Crippen LogP contribution in [0.1, 0.15) is 12.5 Å². The van der Waals surface area contributed by atoms with Gasteiger partial charge in [-0.15, -0.1) is 11.3 Å². The van der Waals surface area contributed by atoms with E-state index in [1.165, 1.54) is 10.6 Å². The molecule has 0 amide bonds. The Morgan fingerprint density at radius 2 is 2.24 bits per heavy atom. The summed E-state index contributed by atoms with van der Waals surface area (Å²) in [6.45, 7) is 3.41. The molecule has 0 saturated carbocycles. The van der Waals surface area contributed by atoms with Crippen molar-refractivity contribution < 1.29 is 8.42 Å². The molecule has 0 unspecified atom stereocenters. The van der Waals surface area contributed by atoms with Crippen LogP contribution in [0.3, 0.4) is 0 Å². The molecule has 0 bridgehead atoms. The molecule has 0 spiro atoms. The van der Waals surface area contributed by atoms with E-state index >= 15 is 0 Å². The monoisotopic (exact) mass is 323 g/mol. The maximum atomic E-state index is 11.7. The third-order valence-electron chi connectivity index (χ3n) is 3.46. The van der Waals surface area contributed by atoms with Gasteiger partial charge in [0.05, 0.1) is 17.6 Å². The van der Waals surface area contributed by atoms with E-state index in [-0.39, 0.29) is 0 Å². The van der Waals surface area contributed by atoms with Gasteiger partial charge in [-0.3, -0.25) is 4.31 Å². The Labute approximate surface area is 128 Å². The lowest BCUT2D eigenvalue weighted by Crippen LogP contribution is -2.27. The van der Waals surface area contributed by atoms with Gasteiger partial charge in [0, 0.05) is 24.0 Å². The van der Waals surface area contributed by atoms with Crippen LogP contribution < -0.4 is 9.62 Å². The lowest BCUT2D eigenvalue weighted by atomic mass is 10.1. The number of aromatic nitrogens is 1. The highest BCUT2D eigenvalue weighted by atomic mass is 32.2. The van der Waals surface area contributed by atoms with Gasteiger partial charge in [-0.05, 0) is 31.0 Å². The van der Waals surface area contributed by atoms with E-state index in [1.807, 2.05) is 30.5 Å². The van der Waals surface area contributed by atoms with Gasteiger partial charge >= 0.3 is 0 Å². The quantitative estimate of drug-likeness (QED) is 0.939. The van der Waals surface area contributed by atoms with Crippen LogP contribution in [0.4, 0.5) is 10.8 Å². The molecule has 0 fully saturated rings. The highest BCUT2D eigenvalue weighted by Crippen LogP contribution is 2.34. The van der Waals surface area contributed by atoms with Crippen LogP contribution in [-0.4, -0.2) is 32.7 Å². The van der Waals surface area contributed by atoms with Gasteiger partial charge in [0.15, 0.2) is 5.13 Å². The predicted molar refractivity (Wildman–Crippen MR) is 87.6 cm³/mol. The molecule has 0 saturated heterocycles. The van der Waals surface area contributed by atoms with Crippen LogP contribution in [0.15, 0.2) is 23.6 Å². The van der Waals surface area contributed by atoms with E-state index in [0.717, 1.165) is 40.6 Å². The van der Waals surface area contributed by atoms with Crippen LogP contribution in [0.25, 0.3) is 11.3 Å². The zero-order chi connectivity index (χ0) is 15.0. The van der Waals surface area contributed by atoms with Gasteiger partial charge in [0.2, 0.25) is 10.0 Å². The first-order valence-corrected chi connectivity index (χ1v) is 9.52. The zero-order valence-electron chi connectivity index (χ0n) is 12.0. The maximum absolute atomic E-state index is 11.7. The molecule has 21 heavy (non-hydrogen) atoms. The second-order valence-corrected chi connectivity index (χ2v) is 7.76. The molecule has 112 valence electrons. The molecule has 1 N–H and O–H groups in total. The first kappa shape index (κ1) is 14.3. The molecule has 0 aliphatic carbocycles. The largest absolute Gasteiger partial charge is 0.362 e. The number of hydrogen-bond donors (Lipinski definition) is 1. The van der Waals surface area contributed by atoms with E-state index in [4.69, 9.17) is 0 Å². The summed E-state index contributed by atoms with van der Waals surface area (Å²) in [4.78, 5) is 4.54. The van der Waals surface area contributed by atoms with Crippen molar-refractivity contribution >= 4 is 32.2 Å². The SMILES string of the molecule is CCNc1nc(-c2ccc3c(c2)CCN3S(C)(=O)=O)cs1. The number of anilines is 2. The minimum atomic E-state index is -3.19. The minimum Gasteiger partial charge on any atom is -0.362 e. The van der Waals surface area contributed by atoms with Crippen LogP contribution in [0.2, 0.25) is 0 Å². The van der Waals surface area contributed by atoms with Crippen molar-refractivity contribution in [3.8, 4) is 11.3 Å². The molecule has 1 aromatic carbocycles. The molecule has 5 nitrogen and oxygen atoms in total.